The Bertz CT molecular complexity index is 847. The fraction of sp³-hybridized carbons (Fsp3) is 0.263. The molecule has 28 heavy (non-hydrogen) atoms. The number of rotatable bonds is 7. The third-order valence-corrected chi connectivity index (χ3v) is 4.29. The van der Waals surface area contributed by atoms with E-state index in [1.165, 1.54) is 31.3 Å². The highest BCUT2D eigenvalue weighted by atomic mass is 35.5. The van der Waals surface area contributed by atoms with Crippen LogP contribution in [0, 0.1) is 0 Å². The van der Waals surface area contributed by atoms with Gasteiger partial charge in [0.2, 0.25) is 0 Å². The third-order valence-electron chi connectivity index (χ3n) is 3.70. The molecule has 0 saturated carbocycles. The van der Waals surface area contributed by atoms with Crippen LogP contribution >= 0.6 is 23.2 Å². The van der Waals surface area contributed by atoms with E-state index in [1.807, 2.05) is 0 Å². The summed E-state index contributed by atoms with van der Waals surface area (Å²) in [7, 11) is 3.98. The Morgan fingerprint density at radius 1 is 0.964 bits per heavy atom. The quantitative estimate of drug-likeness (QED) is 0.486. The molecule has 0 unspecified atom stereocenters. The second-order valence-corrected chi connectivity index (χ2v) is 6.21. The molecule has 1 aliphatic heterocycles. The molecule has 0 aromatic heterocycles. The van der Waals surface area contributed by atoms with Crippen molar-refractivity contribution < 1.29 is 28.5 Å². The number of benzene rings is 1. The second kappa shape index (κ2) is 10.2. The Morgan fingerprint density at radius 3 is 2.32 bits per heavy atom. The zero-order chi connectivity index (χ0) is 20.7. The van der Waals surface area contributed by atoms with Gasteiger partial charge in [0.05, 0.1) is 42.1 Å². The Kier molecular flexibility index (Phi) is 7.92. The van der Waals surface area contributed by atoms with E-state index in [2.05, 4.69) is 0 Å². The maximum atomic E-state index is 12.5. The minimum atomic E-state index is -0.746. The molecule has 150 valence electrons. The summed E-state index contributed by atoms with van der Waals surface area (Å²) in [6.07, 6.45) is 6.24. The number of esters is 2. The summed E-state index contributed by atoms with van der Waals surface area (Å²) in [5.74, 6) is -1.11. The third kappa shape index (κ3) is 4.86. The smallest absolute Gasteiger partial charge is 0.355 e. The Balaban J connectivity index is 2.61. The normalized spacial score (nSPS) is 13.4. The first-order chi connectivity index (χ1) is 13.4. The van der Waals surface area contributed by atoms with Crippen LogP contribution in [0.4, 0.5) is 5.69 Å². The van der Waals surface area contributed by atoms with Gasteiger partial charge in [0.25, 0.3) is 0 Å². The minimum absolute atomic E-state index is 0.00668. The van der Waals surface area contributed by atoms with E-state index < -0.39 is 11.9 Å². The lowest BCUT2D eigenvalue weighted by molar-refractivity contribution is -0.139. The Morgan fingerprint density at radius 2 is 1.68 bits per heavy atom. The number of hydrogen-bond donors (Lipinski definition) is 0. The van der Waals surface area contributed by atoms with E-state index in [0.29, 0.717) is 23.1 Å². The molecular weight excluding hydrogens is 409 g/mol. The van der Waals surface area contributed by atoms with Gasteiger partial charge in [-0.2, -0.15) is 0 Å². The molecule has 0 amide bonds. The molecule has 0 N–H and O–H groups in total. The lowest BCUT2D eigenvalue weighted by atomic mass is 10.1. The van der Waals surface area contributed by atoms with Gasteiger partial charge < -0.3 is 23.8 Å². The van der Waals surface area contributed by atoms with Crippen molar-refractivity contribution in [2.45, 2.75) is 0 Å². The average molecular weight is 428 g/mol. The van der Waals surface area contributed by atoms with Gasteiger partial charge in [-0.05, 0) is 18.2 Å². The van der Waals surface area contributed by atoms with E-state index >= 15 is 0 Å². The van der Waals surface area contributed by atoms with Gasteiger partial charge in [0.15, 0.2) is 0 Å². The highest BCUT2D eigenvalue weighted by Gasteiger charge is 2.29. The highest BCUT2D eigenvalue weighted by molar-refractivity contribution is 6.37. The molecule has 0 radical (unpaired) electrons. The molecule has 0 atom stereocenters. The van der Waals surface area contributed by atoms with Crippen LogP contribution in [0.15, 0.2) is 47.8 Å². The maximum absolute atomic E-state index is 12.5. The Hall–Kier alpha value is -2.48. The van der Waals surface area contributed by atoms with E-state index in [4.69, 9.17) is 42.1 Å². The van der Waals surface area contributed by atoms with Crippen molar-refractivity contribution in [3.8, 4) is 5.75 Å². The number of carbonyl (C=O) groups is 2. The predicted molar refractivity (Wildman–Crippen MR) is 106 cm³/mol. The number of methoxy groups -OCH3 is 3. The molecule has 0 fully saturated rings. The molecule has 0 spiro atoms. The van der Waals surface area contributed by atoms with E-state index in [9.17, 15) is 9.59 Å². The summed E-state index contributed by atoms with van der Waals surface area (Å²) in [5.41, 5.74) is 0.305. The molecule has 2 rings (SSSR count). The molecule has 1 aromatic rings. The molecule has 0 aliphatic carbocycles. The average Bonchev–Trinajstić information content (AvgIpc) is 2.91. The minimum Gasteiger partial charge on any atom is -0.490 e. The predicted octanol–water partition coefficient (Wildman–Crippen LogP) is 3.51. The number of ether oxygens (including phenoxy) is 4. The first-order valence-corrected chi connectivity index (χ1v) is 8.86. The summed E-state index contributed by atoms with van der Waals surface area (Å²) in [4.78, 5) is 26.1. The van der Waals surface area contributed by atoms with Crippen LogP contribution in [-0.4, -0.2) is 46.5 Å². The zero-order valence-corrected chi connectivity index (χ0v) is 17.0. The summed E-state index contributed by atoms with van der Waals surface area (Å²) < 4.78 is 20.2. The van der Waals surface area contributed by atoms with E-state index in [1.54, 1.807) is 31.5 Å². The second-order valence-electron chi connectivity index (χ2n) is 5.39. The largest absolute Gasteiger partial charge is 0.490 e. The topological polar surface area (TPSA) is 74.3 Å². The SMILES string of the molecule is COCCOc1cc(N2C=CC=CC(C(=O)OC)=C2C(=O)OC)c(Cl)cc1Cl. The van der Waals surface area contributed by atoms with Gasteiger partial charge in [-0.3, -0.25) is 0 Å². The number of hydrogen-bond acceptors (Lipinski definition) is 7. The first-order valence-electron chi connectivity index (χ1n) is 8.10. The van der Waals surface area contributed by atoms with Crippen molar-refractivity contribution in [2.75, 3.05) is 39.4 Å². The molecule has 9 heteroatoms. The number of halogens is 2. The number of nitrogens with zero attached hydrogens (tertiary/aromatic N) is 1. The van der Waals surface area contributed by atoms with Gasteiger partial charge in [-0.25, -0.2) is 9.59 Å². The summed E-state index contributed by atoms with van der Waals surface area (Å²) >= 11 is 12.6. The fourth-order valence-electron chi connectivity index (χ4n) is 2.40. The number of anilines is 1. The summed E-state index contributed by atoms with van der Waals surface area (Å²) in [5, 5.41) is 0.528. The molecule has 1 aromatic carbocycles. The van der Waals surface area contributed by atoms with Gasteiger partial charge in [0, 0.05) is 19.4 Å². The van der Waals surface area contributed by atoms with Gasteiger partial charge in [0.1, 0.15) is 18.1 Å². The molecule has 0 bridgehead atoms. The zero-order valence-electron chi connectivity index (χ0n) is 15.5. The fourth-order valence-corrected chi connectivity index (χ4v) is 2.93. The van der Waals surface area contributed by atoms with E-state index in [-0.39, 0.29) is 22.9 Å². The van der Waals surface area contributed by atoms with Crippen molar-refractivity contribution in [2.24, 2.45) is 0 Å². The van der Waals surface area contributed by atoms with Crippen LogP contribution in [0.1, 0.15) is 0 Å². The van der Waals surface area contributed by atoms with Gasteiger partial charge in [-0.15, -0.1) is 0 Å². The molecule has 1 heterocycles. The van der Waals surface area contributed by atoms with Crippen molar-refractivity contribution in [1.29, 1.82) is 0 Å². The number of allylic oxidation sites excluding steroid dienone is 2. The maximum Gasteiger partial charge on any atom is 0.355 e. The molecule has 0 saturated heterocycles. The van der Waals surface area contributed by atoms with Crippen LogP contribution < -0.4 is 9.64 Å². The van der Waals surface area contributed by atoms with Crippen LogP contribution in [0.2, 0.25) is 10.0 Å². The van der Waals surface area contributed by atoms with Crippen molar-refractivity contribution >= 4 is 40.8 Å². The van der Waals surface area contributed by atoms with Gasteiger partial charge >= 0.3 is 11.9 Å². The standard InChI is InChI=1S/C19H19Cl2NO6/c1-25-8-9-28-16-11-15(13(20)10-14(16)21)22-7-5-4-6-12(18(23)26-2)17(22)19(24)27-3/h4-7,10-11H,8-9H2,1-3H3. The van der Waals surface area contributed by atoms with Crippen LogP contribution in [-0.2, 0) is 23.8 Å². The first kappa shape index (κ1) is 21.8. The Labute approximate surface area is 172 Å². The molecular formula is C19H19Cl2NO6. The van der Waals surface area contributed by atoms with Crippen molar-refractivity contribution in [1.82, 2.24) is 0 Å². The monoisotopic (exact) mass is 427 g/mol. The van der Waals surface area contributed by atoms with Gasteiger partial charge in [-0.1, -0.05) is 29.3 Å². The van der Waals surface area contributed by atoms with Crippen LogP contribution in [0.5, 0.6) is 5.75 Å². The van der Waals surface area contributed by atoms with Crippen LogP contribution in [0.25, 0.3) is 0 Å². The molecule has 7 nitrogen and oxygen atoms in total. The summed E-state index contributed by atoms with van der Waals surface area (Å²) in [6.45, 7) is 0.628. The highest BCUT2D eigenvalue weighted by Crippen LogP contribution is 2.39. The van der Waals surface area contributed by atoms with E-state index in [0.717, 1.165) is 0 Å². The lowest BCUT2D eigenvalue weighted by Gasteiger charge is -2.25. The lowest BCUT2D eigenvalue weighted by Crippen LogP contribution is -2.27. The summed E-state index contributed by atoms with van der Waals surface area (Å²) in [6, 6.07) is 3.05. The number of carbonyl (C=O) groups excluding carboxylic acids is 2. The van der Waals surface area contributed by atoms with Crippen molar-refractivity contribution in [3.63, 3.8) is 0 Å². The van der Waals surface area contributed by atoms with Crippen molar-refractivity contribution in [3.05, 3.63) is 57.9 Å². The van der Waals surface area contributed by atoms with Crippen LogP contribution in [0.3, 0.4) is 0 Å². The molecule has 1 aliphatic rings.